The predicted octanol–water partition coefficient (Wildman–Crippen LogP) is 3.65. The minimum atomic E-state index is -3.86. The summed E-state index contributed by atoms with van der Waals surface area (Å²) in [6.07, 6.45) is 0. The van der Waals surface area contributed by atoms with Crippen molar-refractivity contribution in [2.75, 3.05) is 4.72 Å². The van der Waals surface area contributed by atoms with E-state index >= 15 is 0 Å². The van der Waals surface area contributed by atoms with Crippen molar-refractivity contribution in [1.29, 1.82) is 0 Å². The molecule has 1 aromatic heterocycles. The molecular weight excluding hydrogens is 362 g/mol. The molecule has 0 atom stereocenters. The van der Waals surface area contributed by atoms with Gasteiger partial charge in [-0.25, -0.2) is 13.1 Å². The van der Waals surface area contributed by atoms with Crippen molar-refractivity contribution in [2.45, 2.75) is 18.7 Å². The van der Waals surface area contributed by atoms with Crippen molar-refractivity contribution in [3.8, 4) is 11.4 Å². The molecule has 0 radical (unpaired) electrons. The molecule has 2 aromatic carbocycles. The third-order valence-corrected chi connectivity index (χ3v) is 5.55. The van der Waals surface area contributed by atoms with E-state index in [-0.39, 0.29) is 16.3 Å². The zero-order valence-corrected chi connectivity index (χ0v) is 15.1. The van der Waals surface area contributed by atoms with Gasteiger partial charge in [0.2, 0.25) is 0 Å². The third-order valence-electron chi connectivity index (χ3n) is 3.66. The molecule has 3 aromatic rings. The highest BCUT2D eigenvalue weighted by atomic mass is 35.5. The van der Waals surface area contributed by atoms with Gasteiger partial charge in [0.05, 0.1) is 22.8 Å². The van der Waals surface area contributed by atoms with E-state index in [0.29, 0.717) is 22.1 Å². The normalized spacial score (nSPS) is 11.5. The molecule has 0 aliphatic rings. The van der Waals surface area contributed by atoms with Crippen molar-refractivity contribution in [2.24, 2.45) is 0 Å². The van der Waals surface area contributed by atoms with Crippen LogP contribution in [-0.2, 0) is 10.0 Å². The summed E-state index contributed by atoms with van der Waals surface area (Å²) < 4.78 is 29.6. The summed E-state index contributed by atoms with van der Waals surface area (Å²) >= 11 is 5.90. The number of aromatic hydroxyl groups is 1. The number of nitrogens with zero attached hydrogens (tertiary/aromatic N) is 2. The molecule has 1 heterocycles. The molecule has 0 saturated heterocycles. The number of rotatable bonds is 4. The van der Waals surface area contributed by atoms with Crippen molar-refractivity contribution >= 4 is 27.3 Å². The summed E-state index contributed by atoms with van der Waals surface area (Å²) in [5, 5.41) is 14.4. The molecule has 0 aliphatic heterocycles. The van der Waals surface area contributed by atoms with Gasteiger partial charge in [-0.2, -0.15) is 5.10 Å². The number of hydrogen-bond acceptors (Lipinski definition) is 4. The number of aromatic nitrogens is 2. The van der Waals surface area contributed by atoms with Gasteiger partial charge >= 0.3 is 0 Å². The standard InChI is InChI=1S/C17H16ClN3O3S/c1-11-17(25(23,24)20-14-4-3-5-16(22)10-14)12(2)21(19-11)15-8-6-13(18)7-9-15/h3-10,20,22H,1-2H3. The highest BCUT2D eigenvalue weighted by molar-refractivity contribution is 7.92. The Bertz CT molecular complexity index is 1030. The fourth-order valence-corrected chi connectivity index (χ4v) is 4.20. The average Bonchev–Trinajstić information content (AvgIpc) is 2.83. The lowest BCUT2D eigenvalue weighted by Gasteiger charge is -2.09. The van der Waals surface area contributed by atoms with E-state index in [1.807, 2.05) is 0 Å². The summed E-state index contributed by atoms with van der Waals surface area (Å²) in [5.74, 6) is -0.0227. The van der Waals surface area contributed by atoms with E-state index in [1.54, 1.807) is 54.9 Å². The molecule has 8 heteroatoms. The number of nitrogens with one attached hydrogen (secondary N) is 1. The molecular formula is C17H16ClN3O3S. The van der Waals surface area contributed by atoms with Crippen LogP contribution in [0.4, 0.5) is 5.69 Å². The Labute approximate surface area is 150 Å². The monoisotopic (exact) mass is 377 g/mol. The zero-order chi connectivity index (χ0) is 18.2. The molecule has 6 nitrogen and oxygen atoms in total. The van der Waals surface area contributed by atoms with E-state index in [1.165, 1.54) is 12.1 Å². The van der Waals surface area contributed by atoms with Crippen LogP contribution in [0.25, 0.3) is 5.69 Å². The first-order chi connectivity index (χ1) is 11.8. The first-order valence-corrected chi connectivity index (χ1v) is 9.28. The van der Waals surface area contributed by atoms with Crippen LogP contribution in [0.3, 0.4) is 0 Å². The minimum Gasteiger partial charge on any atom is -0.508 e. The van der Waals surface area contributed by atoms with Gasteiger partial charge in [-0.3, -0.25) is 4.72 Å². The summed E-state index contributed by atoms with van der Waals surface area (Å²) in [6.45, 7) is 3.32. The van der Waals surface area contributed by atoms with E-state index in [2.05, 4.69) is 9.82 Å². The molecule has 0 bridgehead atoms. The van der Waals surface area contributed by atoms with Crippen LogP contribution in [0.5, 0.6) is 5.75 Å². The maximum atomic E-state index is 12.8. The van der Waals surface area contributed by atoms with Crippen LogP contribution in [0.1, 0.15) is 11.4 Å². The molecule has 3 rings (SSSR count). The van der Waals surface area contributed by atoms with Crippen LogP contribution >= 0.6 is 11.6 Å². The molecule has 0 fully saturated rings. The molecule has 0 spiro atoms. The Balaban J connectivity index is 2.03. The third kappa shape index (κ3) is 3.47. The maximum Gasteiger partial charge on any atom is 0.265 e. The smallest absolute Gasteiger partial charge is 0.265 e. The van der Waals surface area contributed by atoms with Crippen molar-refractivity contribution < 1.29 is 13.5 Å². The van der Waals surface area contributed by atoms with Crippen molar-refractivity contribution in [3.63, 3.8) is 0 Å². The van der Waals surface area contributed by atoms with Crippen LogP contribution in [0.15, 0.2) is 53.4 Å². The Morgan fingerprint density at radius 3 is 2.44 bits per heavy atom. The van der Waals surface area contributed by atoms with Crippen LogP contribution in [0, 0.1) is 13.8 Å². The Hall–Kier alpha value is -2.51. The Morgan fingerprint density at radius 2 is 1.80 bits per heavy atom. The molecule has 2 N–H and O–H groups in total. The molecule has 25 heavy (non-hydrogen) atoms. The van der Waals surface area contributed by atoms with Crippen molar-refractivity contribution in [1.82, 2.24) is 9.78 Å². The molecule has 0 saturated carbocycles. The van der Waals surface area contributed by atoms with Gasteiger partial charge in [-0.1, -0.05) is 17.7 Å². The quantitative estimate of drug-likeness (QED) is 0.726. The van der Waals surface area contributed by atoms with Crippen molar-refractivity contribution in [3.05, 3.63) is 64.9 Å². The van der Waals surface area contributed by atoms with Gasteiger partial charge in [0.1, 0.15) is 10.6 Å². The first-order valence-electron chi connectivity index (χ1n) is 7.42. The number of aryl methyl sites for hydroxylation is 1. The van der Waals surface area contributed by atoms with Gasteiger partial charge in [0, 0.05) is 11.1 Å². The number of anilines is 1. The largest absolute Gasteiger partial charge is 0.508 e. The van der Waals surface area contributed by atoms with Crippen LogP contribution < -0.4 is 4.72 Å². The highest BCUT2D eigenvalue weighted by Gasteiger charge is 2.25. The van der Waals surface area contributed by atoms with Gasteiger partial charge < -0.3 is 5.11 Å². The number of halogens is 1. The van der Waals surface area contributed by atoms with Crippen LogP contribution in [-0.4, -0.2) is 23.3 Å². The lowest BCUT2D eigenvalue weighted by molar-refractivity contribution is 0.475. The number of benzene rings is 2. The molecule has 130 valence electrons. The second-order valence-corrected chi connectivity index (χ2v) is 7.60. The number of hydrogen-bond donors (Lipinski definition) is 2. The van der Waals surface area contributed by atoms with E-state index in [0.717, 1.165) is 0 Å². The Kier molecular flexibility index (Phi) is 4.45. The Morgan fingerprint density at radius 1 is 1.12 bits per heavy atom. The SMILES string of the molecule is Cc1nn(-c2ccc(Cl)cc2)c(C)c1S(=O)(=O)Nc1cccc(O)c1. The fourth-order valence-electron chi connectivity index (χ4n) is 2.63. The fraction of sp³-hybridized carbons (Fsp3) is 0.118. The summed E-state index contributed by atoms with van der Waals surface area (Å²) in [4.78, 5) is 0.103. The van der Waals surface area contributed by atoms with Crippen LogP contribution in [0.2, 0.25) is 5.02 Å². The second kappa shape index (κ2) is 6.42. The molecule has 0 amide bonds. The summed E-state index contributed by atoms with van der Waals surface area (Å²) in [5.41, 5.74) is 1.84. The van der Waals surface area contributed by atoms with E-state index in [9.17, 15) is 13.5 Å². The first kappa shape index (κ1) is 17.3. The molecule has 0 unspecified atom stereocenters. The summed E-state index contributed by atoms with van der Waals surface area (Å²) in [6, 6.07) is 12.9. The van der Waals surface area contributed by atoms with E-state index < -0.39 is 10.0 Å². The lowest BCUT2D eigenvalue weighted by Crippen LogP contribution is -2.14. The predicted molar refractivity (Wildman–Crippen MR) is 97.0 cm³/mol. The zero-order valence-electron chi connectivity index (χ0n) is 13.6. The minimum absolute atomic E-state index is 0.0227. The van der Waals surface area contributed by atoms with Gasteiger partial charge in [-0.15, -0.1) is 0 Å². The number of sulfonamides is 1. The average molecular weight is 378 g/mol. The van der Waals surface area contributed by atoms with E-state index in [4.69, 9.17) is 11.6 Å². The highest BCUT2D eigenvalue weighted by Crippen LogP contribution is 2.26. The maximum absolute atomic E-state index is 12.8. The lowest BCUT2D eigenvalue weighted by atomic mass is 10.3. The topological polar surface area (TPSA) is 84.2 Å². The van der Waals surface area contributed by atoms with Gasteiger partial charge in [0.25, 0.3) is 10.0 Å². The number of phenolic OH excluding ortho intramolecular Hbond substituents is 1. The summed E-state index contributed by atoms with van der Waals surface area (Å²) in [7, 11) is -3.86. The van der Waals surface area contributed by atoms with Gasteiger partial charge in [-0.05, 0) is 50.2 Å². The molecule has 0 aliphatic carbocycles. The van der Waals surface area contributed by atoms with Gasteiger partial charge in [0.15, 0.2) is 0 Å². The second-order valence-electron chi connectivity index (χ2n) is 5.54. The number of phenols is 1.